The van der Waals surface area contributed by atoms with E-state index in [0.717, 1.165) is 27.6 Å². The summed E-state index contributed by atoms with van der Waals surface area (Å²) in [5.41, 5.74) is 9.67. The number of benzene rings is 2. The van der Waals surface area contributed by atoms with Crippen LogP contribution in [0.1, 0.15) is 26.3 Å². The minimum atomic E-state index is -0.0542. The highest BCUT2D eigenvalue weighted by atomic mass is 16.5. The van der Waals surface area contributed by atoms with Gasteiger partial charge in [0.05, 0.1) is 25.1 Å². The average Bonchev–Trinajstić information content (AvgIpc) is 2.93. The van der Waals surface area contributed by atoms with Crippen LogP contribution >= 0.6 is 0 Å². The number of ether oxygens (including phenoxy) is 2. The van der Waals surface area contributed by atoms with Gasteiger partial charge in [0.2, 0.25) is 5.75 Å². The number of H-pyrrole nitrogens is 1. The van der Waals surface area contributed by atoms with Gasteiger partial charge in [-0.15, -0.1) is 0 Å². The SMILES string of the molecule is COc1cc(-c2cc(C(C)(C)C)cc3[nH]nc(N)c23)cc(O)c1OC. The molecule has 0 aliphatic rings. The van der Waals surface area contributed by atoms with Gasteiger partial charge in [-0.05, 0) is 46.4 Å². The zero-order valence-electron chi connectivity index (χ0n) is 15.1. The molecule has 1 heterocycles. The number of aromatic hydroxyl groups is 1. The number of nitrogens with zero attached hydrogens (tertiary/aromatic N) is 1. The highest BCUT2D eigenvalue weighted by Crippen LogP contribution is 2.43. The summed E-state index contributed by atoms with van der Waals surface area (Å²) in [6.07, 6.45) is 0. The monoisotopic (exact) mass is 341 g/mol. The first-order chi connectivity index (χ1) is 11.8. The van der Waals surface area contributed by atoms with Crippen LogP contribution in [0.2, 0.25) is 0 Å². The van der Waals surface area contributed by atoms with Crippen LogP contribution in [-0.4, -0.2) is 29.5 Å². The maximum Gasteiger partial charge on any atom is 0.203 e. The molecule has 6 nitrogen and oxygen atoms in total. The molecule has 0 unspecified atom stereocenters. The van der Waals surface area contributed by atoms with Gasteiger partial charge in [0.15, 0.2) is 17.3 Å². The number of hydrogen-bond donors (Lipinski definition) is 3. The summed E-state index contributed by atoms with van der Waals surface area (Å²) < 4.78 is 10.6. The van der Waals surface area contributed by atoms with Gasteiger partial charge >= 0.3 is 0 Å². The molecule has 0 radical (unpaired) electrons. The Morgan fingerprint density at radius 2 is 1.80 bits per heavy atom. The Labute approximate surface area is 146 Å². The molecule has 0 aliphatic carbocycles. The van der Waals surface area contributed by atoms with E-state index in [1.165, 1.54) is 14.2 Å². The van der Waals surface area contributed by atoms with Gasteiger partial charge in [-0.25, -0.2) is 0 Å². The molecular formula is C19H23N3O3. The van der Waals surface area contributed by atoms with Crippen molar-refractivity contribution < 1.29 is 14.6 Å². The largest absolute Gasteiger partial charge is 0.504 e. The normalized spacial score (nSPS) is 11.7. The highest BCUT2D eigenvalue weighted by molar-refractivity contribution is 6.02. The molecule has 0 amide bonds. The molecular weight excluding hydrogens is 318 g/mol. The third kappa shape index (κ3) is 2.84. The van der Waals surface area contributed by atoms with E-state index in [2.05, 4.69) is 43.1 Å². The number of anilines is 1. The van der Waals surface area contributed by atoms with Crippen LogP contribution < -0.4 is 15.2 Å². The van der Waals surface area contributed by atoms with Crippen molar-refractivity contribution in [2.75, 3.05) is 20.0 Å². The van der Waals surface area contributed by atoms with E-state index in [-0.39, 0.29) is 11.2 Å². The first-order valence-electron chi connectivity index (χ1n) is 7.99. The second-order valence-corrected chi connectivity index (χ2v) is 7.04. The topological polar surface area (TPSA) is 93.4 Å². The number of phenols is 1. The molecule has 0 fully saturated rings. The molecule has 0 spiro atoms. The molecule has 6 heteroatoms. The third-order valence-electron chi connectivity index (χ3n) is 4.33. The number of hydrogen-bond acceptors (Lipinski definition) is 5. The number of rotatable bonds is 3. The fourth-order valence-corrected chi connectivity index (χ4v) is 2.94. The van der Waals surface area contributed by atoms with Gasteiger partial charge in [0, 0.05) is 0 Å². The van der Waals surface area contributed by atoms with Gasteiger partial charge < -0.3 is 20.3 Å². The number of aromatic nitrogens is 2. The predicted molar refractivity (Wildman–Crippen MR) is 99.4 cm³/mol. The standard InChI is InChI=1S/C19H23N3O3/c1-19(2,3)11-8-12(16-13(9-11)21-22-18(16)20)10-6-14(23)17(25-5)15(7-10)24-4/h6-9,23H,1-5H3,(H3,20,21,22). The zero-order chi connectivity index (χ0) is 18.4. The fraction of sp³-hybridized carbons (Fsp3) is 0.316. The van der Waals surface area contributed by atoms with E-state index in [0.29, 0.717) is 17.3 Å². The number of nitrogens with one attached hydrogen (secondary N) is 1. The lowest BCUT2D eigenvalue weighted by molar-refractivity contribution is 0.333. The Balaban J connectivity index is 2.35. The Bertz CT molecular complexity index is 939. The average molecular weight is 341 g/mol. The van der Waals surface area contributed by atoms with Crippen molar-refractivity contribution in [2.24, 2.45) is 0 Å². The van der Waals surface area contributed by atoms with E-state index < -0.39 is 0 Å². The van der Waals surface area contributed by atoms with Crippen LogP contribution in [0.25, 0.3) is 22.0 Å². The van der Waals surface area contributed by atoms with Crippen LogP contribution in [0.4, 0.5) is 5.82 Å². The third-order valence-corrected chi connectivity index (χ3v) is 4.33. The summed E-state index contributed by atoms with van der Waals surface area (Å²) in [5, 5.41) is 18.3. The first kappa shape index (κ1) is 17.0. The van der Waals surface area contributed by atoms with Crippen molar-refractivity contribution in [1.82, 2.24) is 10.2 Å². The van der Waals surface area contributed by atoms with Crippen LogP contribution in [0, 0.1) is 0 Å². The molecule has 0 aliphatic heterocycles. The van der Waals surface area contributed by atoms with E-state index in [4.69, 9.17) is 15.2 Å². The van der Waals surface area contributed by atoms with Crippen molar-refractivity contribution in [3.8, 4) is 28.4 Å². The second kappa shape index (κ2) is 5.88. The van der Waals surface area contributed by atoms with Gasteiger partial charge in [-0.3, -0.25) is 5.10 Å². The molecule has 4 N–H and O–H groups in total. The number of phenolic OH excluding ortho intramolecular Hbond substituents is 1. The maximum atomic E-state index is 10.3. The second-order valence-electron chi connectivity index (χ2n) is 7.04. The first-order valence-corrected chi connectivity index (χ1v) is 7.99. The molecule has 0 saturated heterocycles. The predicted octanol–water partition coefficient (Wildman–Crippen LogP) is 3.83. The smallest absolute Gasteiger partial charge is 0.203 e. The maximum absolute atomic E-state index is 10.3. The molecule has 25 heavy (non-hydrogen) atoms. The van der Waals surface area contributed by atoms with E-state index in [1.807, 2.05) is 6.07 Å². The molecule has 132 valence electrons. The number of methoxy groups -OCH3 is 2. The van der Waals surface area contributed by atoms with E-state index >= 15 is 0 Å². The van der Waals surface area contributed by atoms with E-state index in [1.54, 1.807) is 6.07 Å². The lowest BCUT2D eigenvalue weighted by Gasteiger charge is -2.21. The molecule has 2 aromatic carbocycles. The lowest BCUT2D eigenvalue weighted by atomic mass is 9.84. The number of nitrogens with two attached hydrogens (primary N) is 1. The Morgan fingerprint density at radius 3 is 2.40 bits per heavy atom. The number of nitrogen functional groups attached to an aromatic ring is 1. The molecule has 1 aromatic heterocycles. The summed E-state index contributed by atoms with van der Waals surface area (Å²) in [4.78, 5) is 0. The summed E-state index contributed by atoms with van der Waals surface area (Å²) in [6, 6.07) is 7.61. The van der Waals surface area contributed by atoms with Crippen molar-refractivity contribution in [2.45, 2.75) is 26.2 Å². The summed E-state index contributed by atoms with van der Waals surface area (Å²) in [7, 11) is 3.03. The summed E-state index contributed by atoms with van der Waals surface area (Å²) in [5.74, 6) is 1.18. The molecule has 0 saturated carbocycles. The van der Waals surface area contributed by atoms with Crippen LogP contribution in [0.3, 0.4) is 0 Å². The Hall–Kier alpha value is -2.89. The van der Waals surface area contributed by atoms with E-state index in [9.17, 15) is 5.11 Å². The summed E-state index contributed by atoms with van der Waals surface area (Å²) >= 11 is 0. The van der Waals surface area contributed by atoms with Crippen molar-refractivity contribution in [3.63, 3.8) is 0 Å². The van der Waals surface area contributed by atoms with Gasteiger partial charge in [-0.1, -0.05) is 20.8 Å². The number of fused-ring (bicyclic) bond motifs is 1. The summed E-state index contributed by atoms with van der Waals surface area (Å²) in [6.45, 7) is 6.43. The fourth-order valence-electron chi connectivity index (χ4n) is 2.94. The minimum Gasteiger partial charge on any atom is -0.504 e. The molecule has 0 atom stereocenters. The Morgan fingerprint density at radius 1 is 1.08 bits per heavy atom. The quantitative estimate of drug-likeness (QED) is 0.673. The Kier molecular flexibility index (Phi) is 3.99. The minimum absolute atomic E-state index is 0.00762. The van der Waals surface area contributed by atoms with Gasteiger partial charge in [-0.2, -0.15) is 5.10 Å². The molecule has 0 bridgehead atoms. The number of aromatic amines is 1. The van der Waals surface area contributed by atoms with Crippen LogP contribution in [0.5, 0.6) is 17.2 Å². The van der Waals surface area contributed by atoms with Crippen LogP contribution in [0.15, 0.2) is 24.3 Å². The molecule has 3 aromatic rings. The van der Waals surface area contributed by atoms with Crippen molar-refractivity contribution >= 4 is 16.7 Å². The van der Waals surface area contributed by atoms with Crippen molar-refractivity contribution in [3.05, 3.63) is 29.8 Å². The zero-order valence-corrected chi connectivity index (χ0v) is 15.1. The van der Waals surface area contributed by atoms with Crippen LogP contribution in [-0.2, 0) is 5.41 Å². The van der Waals surface area contributed by atoms with Crippen molar-refractivity contribution in [1.29, 1.82) is 0 Å². The van der Waals surface area contributed by atoms with Gasteiger partial charge in [0.1, 0.15) is 0 Å². The lowest BCUT2D eigenvalue weighted by Crippen LogP contribution is -2.11. The molecule has 3 rings (SSSR count). The van der Waals surface area contributed by atoms with Gasteiger partial charge in [0.25, 0.3) is 0 Å². The highest BCUT2D eigenvalue weighted by Gasteiger charge is 2.21.